The molecule has 0 atom stereocenters. The maximum absolute atomic E-state index is 13.7. The van der Waals surface area contributed by atoms with E-state index in [0.29, 0.717) is 24.2 Å². The minimum absolute atomic E-state index is 0.0711. The van der Waals surface area contributed by atoms with Crippen LogP contribution in [0.2, 0.25) is 0 Å². The third-order valence-electron chi connectivity index (χ3n) is 2.31. The van der Waals surface area contributed by atoms with Crippen molar-refractivity contribution in [1.29, 1.82) is 0 Å². The topological polar surface area (TPSA) is 52.1 Å². The van der Waals surface area contributed by atoms with Gasteiger partial charge in [0.1, 0.15) is 0 Å². The van der Waals surface area contributed by atoms with Crippen molar-refractivity contribution in [3.8, 4) is 17.0 Å². The lowest BCUT2D eigenvalue weighted by molar-refractivity contribution is 0.111. The summed E-state index contributed by atoms with van der Waals surface area (Å²) < 4.78 is 18.8. The molecule has 4 nitrogen and oxygen atoms in total. The standard InChI is InChI=1S/C13H11FN2O2/c1-2-18-12-4-3-9(7-10(12)14)11-5-6-15-13(8-17)16-11/h3-8H,2H2,1H3. The van der Waals surface area contributed by atoms with Crippen LogP contribution in [0, 0.1) is 5.82 Å². The molecule has 0 aliphatic rings. The molecular weight excluding hydrogens is 235 g/mol. The Kier molecular flexibility index (Phi) is 3.62. The zero-order chi connectivity index (χ0) is 13.0. The van der Waals surface area contributed by atoms with Crippen LogP contribution in [0.15, 0.2) is 30.5 Å². The van der Waals surface area contributed by atoms with E-state index < -0.39 is 5.82 Å². The minimum Gasteiger partial charge on any atom is -0.491 e. The molecule has 1 aromatic carbocycles. The molecule has 2 aromatic rings. The van der Waals surface area contributed by atoms with Crippen LogP contribution in [0.3, 0.4) is 0 Å². The van der Waals surface area contributed by atoms with Crippen molar-refractivity contribution in [2.75, 3.05) is 6.61 Å². The molecule has 0 amide bonds. The predicted molar refractivity (Wildman–Crippen MR) is 64.0 cm³/mol. The van der Waals surface area contributed by atoms with Gasteiger partial charge in [0.25, 0.3) is 0 Å². The number of nitrogens with zero attached hydrogens (tertiary/aromatic N) is 2. The zero-order valence-corrected chi connectivity index (χ0v) is 9.76. The van der Waals surface area contributed by atoms with Crippen molar-refractivity contribution < 1.29 is 13.9 Å². The van der Waals surface area contributed by atoms with Crippen LogP contribution < -0.4 is 4.74 Å². The van der Waals surface area contributed by atoms with Crippen LogP contribution in [0.25, 0.3) is 11.3 Å². The van der Waals surface area contributed by atoms with E-state index in [-0.39, 0.29) is 11.6 Å². The van der Waals surface area contributed by atoms with Crippen LogP contribution in [-0.2, 0) is 0 Å². The average Bonchev–Trinajstić information content (AvgIpc) is 2.41. The Morgan fingerprint density at radius 1 is 1.39 bits per heavy atom. The first kappa shape index (κ1) is 12.2. The summed E-state index contributed by atoms with van der Waals surface area (Å²) in [6, 6.07) is 6.16. The summed E-state index contributed by atoms with van der Waals surface area (Å²) in [6.45, 7) is 2.19. The normalized spacial score (nSPS) is 10.1. The number of hydrogen-bond acceptors (Lipinski definition) is 4. The fourth-order valence-corrected chi connectivity index (χ4v) is 1.52. The fraction of sp³-hybridized carbons (Fsp3) is 0.154. The highest BCUT2D eigenvalue weighted by Crippen LogP contribution is 2.24. The molecule has 1 heterocycles. The Balaban J connectivity index is 2.38. The van der Waals surface area contributed by atoms with Crippen LogP contribution in [0.4, 0.5) is 4.39 Å². The highest BCUT2D eigenvalue weighted by molar-refractivity contribution is 5.71. The molecule has 0 saturated carbocycles. The molecule has 0 aliphatic carbocycles. The monoisotopic (exact) mass is 246 g/mol. The van der Waals surface area contributed by atoms with Gasteiger partial charge in [0.2, 0.25) is 0 Å². The van der Waals surface area contributed by atoms with E-state index in [4.69, 9.17) is 4.74 Å². The molecule has 0 unspecified atom stereocenters. The molecule has 5 heteroatoms. The summed E-state index contributed by atoms with van der Waals surface area (Å²) in [7, 11) is 0. The lowest BCUT2D eigenvalue weighted by Crippen LogP contribution is -1.96. The van der Waals surface area contributed by atoms with Gasteiger partial charge in [-0.2, -0.15) is 0 Å². The zero-order valence-electron chi connectivity index (χ0n) is 9.76. The third-order valence-corrected chi connectivity index (χ3v) is 2.31. The molecule has 0 radical (unpaired) electrons. The van der Waals surface area contributed by atoms with Gasteiger partial charge in [0, 0.05) is 11.8 Å². The van der Waals surface area contributed by atoms with Gasteiger partial charge in [-0.1, -0.05) is 0 Å². The second kappa shape index (κ2) is 5.35. The summed E-state index contributed by atoms with van der Waals surface area (Å²) >= 11 is 0. The molecule has 0 aliphatic heterocycles. The Bertz CT molecular complexity index is 573. The first-order valence-electron chi connectivity index (χ1n) is 5.45. The highest BCUT2D eigenvalue weighted by atomic mass is 19.1. The molecule has 2 rings (SSSR count). The van der Waals surface area contributed by atoms with E-state index in [1.165, 1.54) is 18.3 Å². The summed E-state index contributed by atoms with van der Waals surface area (Å²) in [5, 5.41) is 0. The van der Waals surface area contributed by atoms with Gasteiger partial charge in [-0.05, 0) is 31.2 Å². The van der Waals surface area contributed by atoms with E-state index in [1.54, 1.807) is 19.1 Å². The summed E-state index contributed by atoms with van der Waals surface area (Å²) in [5.41, 5.74) is 1.07. The van der Waals surface area contributed by atoms with Gasteiger partial charge in [-0.15, -0.1) is 0 Å². The minimum atomic E-state index is -0.458. The Morgan fingerprint density at radius 3 is 2.89 bits per heavy atom. The van der Waals surface area contributed by atoms with Gasteiger partial charge in [-0.25, -0.2) is 14.4 Å². The van der Waals surface area contributed by atoms with Crippen LogP contribution in [0.1, 0.15) is 17.5 Å². The smallest absolute Gasteiger partial charge is 0.193 e. The SMILES string of the molecule is CCOc1ccc(-c2ccnc(C=O)n2)cc1F. The van der Waals surface area contributed by atoms with Gasteiger partial charge in [0.15, 0.2) is 23.7 Å². The lowest BCUT2D eigenvalue weighted by Gasteiger charge is -2.06. The van der Waals surface area contributed by atoms with Crippen LogP contribution in [-0.4, -0.2) is 22.9 Å². The van der Waals surface area contributed by atoms with Crippen molar-refractivity contribution in [3.63, 3.8) is 0 Å². The van der Waals surface area contributed by atoms with Crippen LogP contribution >= 0.6 is 0 Å². The van der Waals surface area contributed by atoms with Crippen LogP contribution in [0.5, 0.6) is 5.75 Å². The third kappa shape index (κ3) is 2.51. The molecule has 18 heavy (non-hydrogen) atoms. The summed E-state index contributed by atoms with van der Waals surface area (Å²) in [4.78, 5) is 18.3. The highest BCUT2D eigenvalue weighted by Gasteiger charge is 2.07. The van der Waals surface area contributed by atoms with Crippen molar-refractivity contribution >= 4 is 6.29 Å². The molecule has 1 aromatic heterocycles. The fourth-order valence-electron chi connectivity index (χ4n) is 1.52. The number of carbonyl (C=O) groups is 1. The quantitative estimate of drug-likeness (QED) is 0.778. The van der Waals surface area contributed by atoms with Crippen molar-refractivity contribution in [1.82, 2.24) is 9.97 Å². The Morgan fingerprint density at radius 2 is 2.22 bits per heavy atom. The molecule has 0 N–H and O–H groups in total. The van der Waals surface area contributed by atoms with Gasteiger partial charge < -0.3 is 4.74 Å². The first-order valence-corrected chi connectivity index (χ1v) is 5.45. The predicted octanol–water partition coefficient (Wildman–Crippen LogP) is 2.49. The molecule has 92 valence electrons. The molecule has 0 fully saturated rings. The largest absolute Gasteiger partial charge is 0.491 e. The molecule has 0 bridgehead atoms. The van der Waals surface area contributed by atoms with Crippen molar-refractivity contribution in [2.24, 2.45) is 0 Å². The number of halogens is 1. The van der Waals surface area contributed by atoms with Crippen molar-refractivity contribution in [2.45, 2.75) is 6.92 Å². The number of ether oxygens (including phenoxy) is 1. The Hall–Kier alpha value is -2.30. The van der Waals surface area contributed by atoms with Gasteiger partial charge in [-0.3, -0.25) is 4.79 Å². The lowest BCUT2D eigenvalue weighted by atomic mass is 10.1. The number of benzene rings is 1. The first-order chi connectivity index (χ1) is 8.74. The second-order valence-electron chi connectivity index (χ2n) is 3.50. The van der Waals surface area contributed by atoms with E-state index in [1.807, 2.05) is 0 Å². The van der Waals surface area contributed by atoms with Gasteiger partial charge in [0.05, 0.1) is 12.3 Å². The maximum Gasteiger partial charge on any atom is 0.193 e. The average molecular weight is 246 g/mol. The Labute approximate surface area is 103 Å². The molecular formula is C13H11FN2O2. The number of aromatic nitrogens is 2. The number of rotatable bonds is 4. The summed E-state index contributed by atoms with van der Waals surface area (Å²) in [6.07, 6.45) is 2.01. The maximum atomic E-state index is 13.7. The number of hydrogen-bond donors (Lipinski definition) is 0. The van der Waals surface area contributed by atoms with E-state index in [2.05, 4.69) is 9.97 Å². The van der Waals surface area contributed by atoms with Gasteiger partial charge >= 0.3 is 0 Å². The van der Waals surface area contributed by atoms with E-state index in [0.717, 1.165) is 0 Å². The number of carbonyl (C=O) groups excluding carboxylic acids is 1. The van der Waals surface area contributed by atoms with E-state index >= 15 is 0 Å². The second-order valence-corrected chi connectivity index (χ2v) is 3.50. The summed E-state index contributed by atoms with van der Waals surface area (Å²) in [5.74, 6) is -0.187. The molecule has 0 saturated heterocycles. The van der Waals surface area contributed by atoms with E-state index in [9.17, 15) is 9.18 Å². The molecule has 0 spiro atoms. The number of aldehydes is 1. The van der Waals surface area contributed by atoms with Crippen molar-refractivity contribution in [3.05, 3.63) is 42.1 Å².